The largest absolute Gasteiger partial charge is 1.00 e. The van der Waals surface area contributed by atoms with Gasteiger partial charge in [-0.1, -0.05) is 23.9 Å². The summed E-state index contributed by atoms with van der Waals surface area (Å²) in [7, 11) is 0. The third-order valence-electron chi connectivity index (χ3n) is 1.74. The second-order valence-electron chi connectivity index (χ2n) is 2.54. The van der Waals surface area contributed by atoms with Crippen molar-refractivity contribution in [1.29, 1.82) is 0 Å². The molecule has 0 saturated heterocycles. The topological polar surface area (TPSA) is 91.9 Å². The molecule has 1 aromatic heterocycles. The maximum Gasteiger partial charge on any atom is 1.00 e. The number of benzene rings is 1. The number of rotatable bonds is 0. The first kappa shape index (κ1) is 15.0. The van der Waals surface area contributed by atoms with E-state index in [9.17, 15) is 15.0 Å². The summed E-state index contributed by atoms with van der Waals surface area (Å²) in [4.78, 5) is 11.1. The van der Waals surface area contributed by atoms with Crippen molar-refractivity contribution < 1.29 is 69.3 Å². The molecule has 5 nitrogen and oxygen atoms in total. The Bertz CT molecular complexity index is 527. The summed E-state index contributed by atoms with van der Waals surface area (Å²) in [6, 6.07) is 4.06. The van der Waals surface area contributed by atoms with Crippen molar-refractivity contribution in [1.82, 2.24) is 10.2 Å². The van der Waals surface area contributed by atoms with Crippen LogP contribution in [0, 0.1) is 0 Å². The molecule has 0 spiro atoms. The zero-order valence-electron chi connectivity index (χ0n) is 8.40. The Kier molecular flexibility index (Phi) is 5.87. The molecule has 0 fully saturated rings. The van der Waals surface area contributed by atoms with Gasteiger partial charge < -0.3 is 10.2 Å². The van der Waals surface area contributed by atoms with E-state index >= 15 is 0 Å². The first-order valence-electron chi connectivity index (χ1n) is 3.55. The molecular formula is C8H4N2Na2O3. The minimum Gasteiger partial charge on any atom is -0.872 e. The molecule has 1 heterocycles. The zero-order valence-corrected chi connectivity index (χ0v) is 12.4. The summed E-state index contributed by atoms with van der Waals surface area (Å²) in [6.07, 6.45) is 0. The third kappa shape index (κ3) is 2.75. The molecule has 0 aliphatic carbocycles. The van der Waals surface area contributed by atoms with Crippen molar-refractivity contribution in [3.63, 3.8) is 0 Å². The minimum atomic E-state index is -0.625. The van der Waals surface area contributed by atoms with Crippen LogP contribution >= 0.6 is 0 Å². The van der Waals surface area contributed by atoms with Crippen LogP contribution in [0.3, 0.4) is 0 Å². The van der Waals surface area contributed by atoms with Gasteiger partial charge in [-0.3, -0.25) is 4.79 Å². The van der Waals surface area contributed by atoms with Gasteiger partial charge >= 0.3 is 59.1 Å². The van der Waals surface area contributed by atoms with Crippen molar-refractivity contribution in [2.24, 2.45) is 0 Å². The molecule has 66 valence electrons. The quantitative estimate of drug-likeness (QED) is 0.448. The molecule has 0 amide bonds. The number of fused-ring (bicyclic) bond motifs is 1. The average Bonchev–Trinajstić information content (AvgIpc) is 2.12. The fourth-order valence-electron chi connectivity index (χ4n) is 1.16. The van der Waals surface area contributed by atoms with Gasteiger partial charge in [0.15, 0.2) is 0 Å². The van der Waals surface area contributed by atoms with Crippen molar-refractivity contribution in [3.05, 3.63) is 28.6 Å². The van der Waals surface area contributed by atoms with E-state index in [1.165, 1.54) is 18.2 Å². The SMILES string of the molecule is O=c1[nH]nc([O-])c2cccc([O-])c12.[Na+].[Na+]. The van der Waals surface area contributed by atoms with Crippen LogP contribution in [-0.2, 0) is 0 Å². The van der Waals surface area contributed by atoms with Crippen LogP contribution in [-0.4, -0.2) is 10.2 Å². The van der Waals surface area contributed by atoms with Gasteiger partial charge in [0.1, 0.15) is 0 Å². The molecule has 15 heavy (non-hydrogen) atoms. The number of H-pyrrole nitrogens is 1. The maximum absolute atomic E-state index is 11.2. The van der Waals surface area contributed by atoms with Crippen molar-refractivity contribution in [2.45, 2.75) is 0 Å². The Balaban J connectivity index is 0.000000980. The average molecular weight is 222 g/mol. The van der Waals surface area contributed by atoms with Crippen LogP contribution in [0.15, 0.2) is 23.0 Å². The van der Waals surface area contributed by atoms with Crippen LogP contribution < -0.4 is 74.9 Å². The van der Waals surface area contributed by atoms with Crippen LogP contribution in [0.5, 0.6) is 11.6 Å². The standard InChI is InChI=1S/C8H6N2O3.2Na/c11-5-3-1-2-4-6(5)8(13)10-9-7(4)12;;/h1-3,11H,(H,9,12)(H,10,13);;/q;2*+1/p-2. The van der Waals surface area contributed by atoms with Gasteiger partial charge in [-0.2, -0.15) is 5.10 Å². The second kappa shape index (κ2) is 5.89. The predicted molar refractivity (Wildman–Crippen MR) is 41.3 cm³/mol. The predicted octanol–water partition coefficient (Wildman–Crippen LogP) is -6.92. The van der Waals surface area contributed by atoms with Crippen molar-refractivity contribution in [3.8, 4) is 11.6 Å². The molecular weight excluding hydrogens is 218 g/mol. The summed E-state index contributed by atoms with van der Waals surface area (Å²) in [6.45, 7) is 0. The second-order valence-corrected chi connectivity index (χ2v) is 2.54. The molecule has 0 unspecified atom stereocenters. The Hall–Kier alpha value is -0.0400. The normalized spacial score (nSPS) is 9.07. The summed E-state index contributed by atoms with van der Waals surface area (Å²) >= 11 is 0. The van der Waals surface area contributed by atoms with Gasteiger partial charge in [0.05, 0.1) is 0 Å². The summed E-state index contributed by atoms with van der Waals surface area (Å²) in [5.41, 5.74) is -0.625. The Morgan fingerprint density at radius 1 is 1.20 bits per heavy atom. The monoisotopic (exact) mass is 222 g/mol. The third-order valence-corrected chi connectivity index (χ3v) is 1.74. The van der Waals surface area contributed by atoms with E-state index in [4.69, 9.17) is 0 Å². The molecule has 0 aliphatic rings. The molecule has 1 N–H and O–H groups in total. The first-order chi connectivity index (χ1) is 6.20. The fraction of sp³-hybridized carbons (Fsp3) is 0. The number of hydrogen-bond donors (Lipinski definition) is 1. The van der Waals surface area contributed by atoms with Crippen molar-refractivity contribution >= 4 is 10.8 Å². The molecule has 0 aliphatic heterocycles. The van der Waals surface area contributed by atoms with Crippen LogP contribution in [0.4, 0.5) is 0 Å². The minimum absolute atomic E-state index is 0. The number of hydrogen-bond acceptors (Lipinski definition) is 4. The van der Waals surface area contributed by atoms with E-state index in [-0.39, 0.29) is 69.9 Å². The van der Waals surface area contributed by atoms with Crippen LogP contribution in [0.1, 0.15) is 0 Å². The van der Waals surface area contributed by atoms with E-state index in [1.807, 2.05) is 5.10 Å². The van der Waals surface area contributed by atoms with Crippen molar-refractivity contribution in [2.75, 3.05) is 0 Å². The Morgan fingerprint density at radius 3 is 2.47 bits per heavy atom. The summed E-state index contributed by atoms with van der Waals surface area (Å²) in [5.74, 6) is -1.05. The summed E-state index contributed by atoms with van der Waals surface area (Å²) in [5, 5.41) is 27.4. The molecule has 0 saturated carbocycles. The van der Waals surface area contributed by atoms with Crippen LogP contribution in [0.25, 0.3) is 10.8 Å². The van der Waals surface area contributed by atoms with Gasteiger partial charge in [0.25, 0.3) is 5.56 Å². The van der Waals surface area contributed by atoms with Gasteiger partial charge in [-0.15, -0.1) is 0 Å². The molecule has 2 aromatic rings. The molecule has 1 aromatic carbocycles. The smallest absolute Gasteiger partial charge is 0.872 e. The van der Waals surface area contributed by atoms with Gasteiger partial charge in [0.2, 0.25) is 0 Å². The van der Waals surface area contributed by atoms with Crippen LogP contribution in [0.2, 0.25) is 0 Å². The molecule has 0 radical (unpaired) electrons. The molecule has 0 atom stereocenters. The van der Waals surface area contributed by atoms with Gasteiger partial charge in [-0.05, 0) is 5.39 Å². The maximum atomic E-state index is 11.2. The summed E-state index contributed by atoms with van der Waals surface area (Å²) < 4.78 is 0. The molecule has 0 bridgehead atoms. The Morgan fingerprint density at radius 2 is 1.87 bits per heavy atom. The number of aromatic amines is 1. The Labute approximate surface area is 129 Å². The first-order valence-corrected chi connectivity index (χ1v) is 3.55. The van der Waals surface area contributed by atoms with E-state index in [0.29, 0.717) is 0 Å². The van der Waals surface area contributed by atoms with Gasteiger partial charge in [0, 0.05) is 11.3 Å². The van der Waals surface area contributed by atoms with E-state index < -0.39 is 17.2 Å². The van der Waals surface area contributed by atoms with E-state index in [0.717, 1.165) is 0 Å². The van der Waals surface area contributed by atoms with Gasteiger partial charge in [-0.25, -0.2) is 5.10 Å². The van der Waals surface area contributed by atoms with E-state index in [2.05, 4.69) is 5.10 Å². The molecule has 2 rings (SSSR count). The number of nitrogens with zero attached hydrogens (tertiary/aromatic N) is 1. The van der Waals surface area contributed by atoms with E-state index in [1.54, 1.807) is 0 Å². The molecule has 7 heteroatoms. The fourth-order valence-corrected chi connectivity index (χ4v) is 1.16. The number of nitrogens with one attached hydrogen (secondary N) is 1. The zero-order chi connectivity index (χ0) is 9.42. The number of aromatic nitrogens is 2.